The zero-order valence-electron chi connectivity index (χ0n) is 11.7. The summed E-state index contributed by atoms with van der Waals surface area (Å²) in [7, 11) is 3.43. The van der Waals surface area contributed by atoms with E-state index >= 15 is 0 Å². The zero-order chi connectivity index (χ0) is 14.7. The van der Waals surface area contributed by atoms with Gasteiger partial charge in [0.15, 0.2) is 0 Å². The SMILES string of the molecule is CNC(c1cc(C)ccc1OC)c1c(F)cccc1Br. The second kappa shape index (κ2) is 6.37. The highest BCUT2D eigenvalue weighted by Gasteiger charge is 2.22. The van der Waals surface area contributed by atoms with Crippen molar-refractivity contribution in [3.05, 3.63) is 63.4 Å². The third-order valence-corrected chi connectivity index (χ3v) is 3.96. The minimum atomic E-state index is -0.277. The fourth-order valence-corrected chi connectivity index (χ4v) is 2.89. The maximum absolute atomic E-state index is 14.2. The van der Waals surface area contributed by atoms with Gasteiger partial charge in [-0.2, -0.15) is 0 Å². The first kappa shape index (κ1) is 15.0. The molecule has 0 saturated heterocycles. The summed E-state index contributed by atoms with van der Waals surface area (Å²) in [6, 6.07) is 10.6. The van der Waals surface area contributed by atoms with Gasteiger partial charge in [0.1, 0.15) is 11.6 Å². The molecule has 0 heterocycles. The average molecular weight is 338 g/mol. The molecule has 20 heavy (non-hydrogen) atoms. The standard InChI is InChI=1S/C16H17BrFNO/c1-10-7-8-14(20-3)11(9-10)16(19-2)15-12(17)5-4-6-13(15)18/h4-9,16,19H,1-3H3. The summed E-state index contributed by atoms with van der Waals surface area (Å²) in [6.45, 7) is 2.01. The average Bonchev–Trinajstić information content (AvgIpc) is 2.43. The summed E-state index contributed by atoms with van der Waals surface area (Å²) in [6.07, 6.45) is 0. The van der Waals surface area contributed by atoms with Crippen LogP contribution < -0.4 is 10.1 Å². The number of benzene rings is 2. The van der Waals surface area contributed by atoms with E-state index in [-0.39, 0.29) is 11.9 Å². The predicted molar refractivity (Wildman–Crippen MR) is 82.7 cm³/mol. The number of rotatable bonds is 4. The molecular formula is C16H17BrFNO. The van der Waals surface area contributed by atoms with Gasteiger partial charge in [0.05, 0.1) is 13.2 Å². The Kier molecular flexibility index (Phi) is 4.78. The molecule has 106 valence electrons. The van der Waals surface area contributed by atoms with Crippen molar-refractivity contribution in [3.63, 3.8) is 0 Å². The summed E-state index contributed by atoms with van der Waals surface area (Å²) >= 11 is 3.43. The number of aryl methyl sites for hydroxylation is 1. The molecule has 0 saturated carbocycles. The molecule has 0 amide bonds. The minimum absolute atomic E-state index is 0.248. The molecule has 2 rings (SSSR count). The highest BCUT2D eigenvalue weighted by molar-refractivity contribution is 9.10. The van der Waals surface area contributed by atoms with Crippen molar-refractivity contribution in [3.8, 4) is 5.75 Å². The topological polar surface area (TPSA) is 21.3 Å². The number of halogens is 2. The van der Waals surface area contributed by atoms with Gasteiger partial charge in [0.25, 0.3) is 0 Å². The molecule has 0 fully saturated rings. The molecule has 1 atom stereocenters. The van der Waals surface area contributed by atoms with Crippen molar-refractivity contribution in [2.45, 2.75) is 13.0 Å². The molecule has 2 aromatic rings. The molecule has 0 spiro atoms. The summed E-state index contributed by atoms with van der Waals surface area (Å²) in [4.78, 5) is 0. The van der Waals surface area contributed by atoms with E-state index in [9.17, 15) is 4.39 Å². The van der Waals surface area contributed by atoms with Gasteiger partial charge in [-0.3, -0.25) is 0 Å². The van der Waals surface area contributed by atoms with E-state index in [1.165, 1.54) is 6.07 Å². The monoisotopic (exact) mass is 337 g/mol. The van der Waals surface area contributed by atoms with Crippen molar-refractivity contribution >= 4 is 15.9 Å². The molecule has 2 nitrogen and oxygen atoms in total. The summed E-state index contributed by atoms with van der Waals surface area (Å²) in [5.74, 6) is 0.493. The lowest BCUT2D eigenvalue weighted by Gasteiger charge is -2.22. The van der Waals surface area contributed by atoms with Crippen molar-refractivity contribution in [1.82, 2.24) is 5.32 Å². The Morgan fingerprint density at radius 3 is 2.60 bits per heavy atom. The fourth-order valence-electron chi connectivity index (χ4n) is 2.32. The van der Waals surface area contributed by atoms with Crippen LogP contribution in [0.15, 0.2) is 40.9 Å². The van der Waals surface area contributed by atoms with Gasteiger partial charge in [-0.05, 0) is 32.2 Å². The second-order valence-electron chi connectivity index (χ2n) is 4.60. The van der Waals surface area contributed by atoms with Crippen LogP contribution in [0.3, 0.4) is 0 Å². The van der Waals surface area contributed by atoms with Crippen LogP contribution in [0, 0.1) is 12.7 Å². The molecule has 2 aromatic carbocycles. The largest absolute Gasteiger partial charge is 0.496 e. The predicted octanol–water partition coefficient (Wildman–Crippen LogP) is 4.21. The minimum Gasteiger partial charge on any atom is -0.496 e. The van der Waals surface area contributed by atoms with E-state index in [0.717, 1.165) is 21.3 Å². The van der Waals surface area contributed by atoms with E-state index in [0.29, 0.717) is 5.56 Å². The van der Waals surface area contributed by atoms with Crippen LogP contribution in [0.5, 0.6) is 5.75 Å². The molecule has 1 N–H and O–H groups in total. The van der Waals surface area contributed by atoms with Crippen molar-refractivity contribution in [1.29, 1.82) is 0 Å². The number of hydrogen-bond acceptors (Lipinski definition) is 2. The summed E-state index contributed by atoms with van der Waals surface area (Å²) in [5, 5.41) is 3.17. The number of hydrogen-bond donors (Lipinski definition) is 1. The Hall–Kier alpha value is -1.39. The van der Waals surface area contributed by atoms with Crippen LogP contribution >= 0.6 is 15.9 Å². The van der Waals surface area contributed by atoms with Crippen molar-refractivity contribution < 1.29 is 9.13 Å². The van der Waals surface area contributed by atoms with Crippen LogP contribution in [-0.4, -0.2) is 14.2 Å². The lowest BCUT2D eigenvalue weighted by Crippen LogP contribution is -2.20. The Labute approximate surface area is 127 Å². The zero-order valence-corrected chi connectivity index (χ0v) is 13.3. The summed E-state index contributed by atoms with van der Waals surface area (Å²) in [5.41, 5.74) is 2.60. The van der Waals surface area contributed by atoms with E-state index in [1.807, 2.05) is 38.2 Å². The van der Waals surface area contributed by atoms with E-state index < -0.39 is 0 Å². The van der Waals surface area contributed by atoms with Gasteiger partial charge in [-0.15, -0.1) is 0 Å². The number of ether oxygens (including phenoxy) is 1. The molecule has 0 aliphatic rings. The molecular weight excluding hydrogens is 321 g/mol. The van der Waals surface area contributed by atoms with Gasteiger partial charge in [0.2, 0.25) is 0 Å². The van der Waals surface area contributed by atoms with Gasteiger partial charge in [-0.1, -0.05) is 39.7 Å². The molecule has 0 aliphatic carbocycles. The highest BCUT2D eigenvalue weighted by Crippen LogP contribution is 2.35. The third kappa shape index (κ3) is 2.86. The number of methoxy groups -OCH3 is 1. The Morgan fingerprint density at radius 1 is 1.25 bits per heavy atom. The highest BCUT2D eigenvalue weighted by atomic mass is 79.9. The third-order valence-electron chi connectivity index (χ3n) is 3.27. The van der Waals surface area contributed by atoms with E-state index in [2.05, 4.69) is 21.2 Å². The van der Waals surface area contributed by atoms with Gasteiger partial charge in [-0.25, -0.2) is 4.39 Å². The van der Waals surface area contributed by atoms with Crippen LogP contribution in [0.25, 0.3) is 0 Å². The molecule has 1 unspecified atom stereocenters. The molecule has 0 radical (unpaired) electrons. The van der Waals surface area contributed by atoms with Crippen LogP contribution in [0.4, 0.5) is 4.39 Å². The number of nitrogens with one attached hydrogen (secondary N) is 1. The maximum atomic E-state index is 14.2. The Bertz CT molecular complexity index is 595. The smallest absolute Gasteiger partial charge is 0.129 e. The van der Waals surface area contributed by atoms with Gasteiger partial charge >= 0.3 is 0 Å². The quantitative estimate of drug-likeness (QED) is 0.902. The van der Waals surface area contributed by atoms with E-state index in [4.69, 9.17) is 4.74 Å². The molecule has 0 aliphatic heterocycles. The first-order valence-corrected chi connectivity index (χ1v) is 7.13. The van der Waals surface area contributed by atoms with E-state index in [1.54, 1.807) is 13.2 Å². The summed E-state index contributed by atoms with van der Waals surface area (Å²) < 4.78 is 20.3. The first-order valence-electron chi connectivity index (χ1n) is 6.34. The van der Waals surface area contributed by atoms with Gasteiger partial charge in [0, 0.05) is 15.6 Å². The Balaban J connectivity index is 2.61. The maximum Gasteiger partial charge on any atom is 0.129 e. The van der Waals surface area contributed by atoms with Crippen LogP contribution in [0.1, 0.15) is 22.7 Å². The first-order chi connectivity index (χ1) is 9.58. The normalized spacial score (nSPS) is 12.2. The van der Waals surface area contributed by atoms with Crippen LogP contribution in [-0.2, 0) is 0 Å². The Morgan fingerprint density at radius 2 is 2.00 bits per heavy atom. The molecule has 4 heteroatoms. The molecule has 0 aromatic heterocycles. The fraction of sp³-hybridized carbons (Fsp3) is 0.250. The molecule has 0 bridgehead atoms. The lowest BCUT2D eigenvalue weighted by atomic mass is 9.96. The van der Waals surface area contributed by atoms with Crippen molar-refractivity contribution in [2.75, 3.05) is 14.2 Å². The van der Waals surface area contributed by atoms with Crippen LogP contribution in [0.2, 0.25) is 0 Å². The van der Waals surface area contributed by atoms with Crippen molar-refractivity contribution in [2.24, 2.45) is 0 Å². The second-order valence-corrected chi connectivity index (χ2v) is 5.46. The van der Waals surface area contributed by atoms with Gasteiger partial charge < -0.3 is 10.1 Å². The lowest BCUT2D eigenvalue weighted by molar-refractivity contribution is 0.404.